The highest BCUT2D eigenvalue weighted by Crippen LogP contribution is 2.38. The minimum Gasteiger partial charge on any atom is -0.390 e. The number of aliphatic hydroxyl groups is 1. The van der Waals surface area contributed by atoms with E-state index in [4.69, 9.17) is 0 Å². The van der Waals surface area contributed by atoms with Crippen LogP contribution in [0.25, 0.3) is 11.0 Å². The van der Waals surface area contributed by atoms with Gasteiger partial charge in [0.15, 0.2) is 0 Å². The Balaban J connectivity index is 1.59. The van der Waals surface area contributed by atoms with Gasteiger partial charge in [0.25, 0.3) is 5.92 Å². The Kier molecular flexibility index (Phi) is 6.14. The molecule has 1 aromatic carbocycles. The van der Waals surface area contributed by atoms with Crippen LogP contribution in [0.3, 0.4) is 0 Å². The molecular weight excluding hydrogens is 442 g/mol. The Morgan fingerprint density at radius 1 is 1.18 bits per heavy atom. The molecule has 2 N–H and O–H groups in total. The van der Waals surface area contributed by atoms with Gasteiger partial charge in [-0.3, -0.25) is 9.13 Å². The lowest BCUT2D eigenvalue weighted by Gasteiger charge is -2.41. The van der Waals surface area contributed by atoms with Crippen LogP contribution in [-0.2, 0) is 13.6 Å². The van der Waals surface area contributed by atoms with Crippen molar-refractivity contribution >= 4 is 28.5 Å². The van der Waals surface area contributed by atoms with E-state index < -0.39 is 23.4 Å². The molecule has 0 aliphatic carbocycles. The van der Waals surface area contributed by atoms with Gasteiger partial charge < -0.3 is 15.3 Å². The average molecular weight is 475 g/mol. The molecule has 3 aromatic rings. The number of hydrogen-bond acceptors (Lipinski definition) is 6. The van der Waals surface area contributed by atoms with Gasteiger partial charge in [0, 0.05) is 50.4 Å². The van der Waals surface area contributed by atoms with Crippen LogP contribution < -0.4 is 15.9 Å². The van der Waals surface area contributed by atoms with Gasteiger partial charge in [0.2, 0.25) is 5.95 Å². The molecule has 2 aromatic heterocycles. The third kappa shape index (κ3) is 4.64. The first-order valence-corrected chi connectivity index (χ1v) is 11.5. The number of aromatic nitrogens is 4. The highest BCUT2D eigenvalue weighted by atomic mass is 19.3. The number of nitrogens with one attached hydrogen (secondary N) is 1. The van der Waals surface area contributed by atoms with Crippen molar-refractivity contribution in [3.05, 3.63) is 40.9 Å². The van der Waals surface area contributed by atoms with Crippen molar-refractivity contribution in [2.45, 2.75) is 52.2 Å². The number of piperidine rings is 1. The average Bonchev–Trinajstić information content (AvgIpc) is 2.99. The van der Waals surface area contributed by atoms with Crippen molar-refractivity contribution in [2.75, 3.05) is 23.3 Å². The molecule has 3 heterocycles. The number of rotatable bonds is 6. The Bertz CT molecular complexity index is 1230. The first kappa shape index (κ1) is 24.1. The molecule has 0 saturated carbocycles. The highest BCUT2D eigenvalue weighted by Gasteiger charge is 2.47. The lowest BCUT2D eigenvalue weighted by Crippen LogP contribution is -2.52. The fraction of sp³-hybridized carbons (Fsp3) is 0.542. The Hall–Kier alpha value is -3.01. The number of hydrogen-bond donors (Lipinski definition) is 2. The number of anilines is 3. The van der Waals surface area contributed by atoms with Crippen molar-refractivity contribution in [2.24, 2.45) is 18.9 Å². The topological polar surface area (TPSA) is 88.2 Å². The molecule has 0 amide bonds. The largest absolute Gasteiger partial charge is 0.390 e. The quantitative estimate of drug-likeness (QED) is 0.566. The van der Waals surface area contributed by atoms with E-state index in [0.29, 0.717) is 24.7 Å². The number of benzene rings is 1. The molecule has 0 radical (unpaired) electrons. The monoisotopic (exact) mass is 474 g/mol. The summed E-state index contributed by atoms with van der Waals surface area (Å²) in [6, 6.07) is 7.30. The highest BCUT2D eigenvalue weighted by molar-refractivity contribution is 5.81. The van der Waals surface area contributed by atoms with Crippen LogP contribution in [-0.4, -0.2) is 48.8 Å². The number of halogens is 2. The summed E-state index contributed by atoms with van der Waals surface area (Å²) in [5, 5.41) is 13.3. The molecule has 2 unspecified atom stereocenters. The lowest BCUT2D eigenvalue weighted by molar-refractivity contribution is -0.105. The maximum absolute atomic E-state index is 14.2. The van der Waals surface area contributed by atoms with E-state index in [9.17, 15) is 18.7 Å². The zero-order valence-corrected chi connectivity index (χ0v) is 20.2. The second-order valence-corrected chi connectivity index (χ2v) is 10.0. The number of imidazole rings is 1. The SMILES string of the molecule is CC1CN(c2nccc(Nc3ccc4c(c3)n(CCC(C)(C)O)c(=O)n4C)n2)CC(C)C1(F)F. The molecule has 1 aliphatic heterocycles. The van der Waals surface area contributed by atoms with Crippen LogP contribution >= 0.6 is 0 Å². The van der Waals surface area contributed by atoms with E-state index in [2.05, 4.69) is 15.3 Å². The second kappa shape index (κ2) is 8.65. The Morgan fingerprint density at radius 3 is 2.50 bits per heavy atom. The van der Waals surface area contributed by atoms with Crippen LogP contribution in [0.1, 0.15) is 34.1 Å². The van der Waals surface area contributed by atoms with E-state index in [-0.39, 0.29) is 18.8 Å². The van der Waals surface area contributed by atoms with E-state index in [1.165, 1.54) is 0 Å². The molecular formula is C24H32F2N6O2. The number of fused-ring (bicyclic) bond motifs is 1. The first-order valence-electron chi connectivity index (χ1n) is 11.5. The number of aryl methyl sites for hydroxylation is 2. The van der Waals surface area contributed by atoms with Crippen LogP contribution in [0.15, 0.2) is 35.3 Å². The van der Waals surface area contributed by atoms with Crippen LogP contribution in [0, 0.1) is 11.8 Å². The smallest absolute Gasteiger partial charge is 0.328 e. The molecule has 184 valence electrons. The van der Waals surface area contributed by atoms with Crippen molar-refractivity contribution < 1.29 is 13.9 Å². The minimum atomic E-state index is -2.71. The summed E-state index contributed by atoms with van der Waals surface area (Å²) in [6.07, 6.45) is 2.04. The van der Waals surface area contributed by atoms with Gasteiger partial charge in [-0.1, -0.05) is 13.8 Å². The molecule has 2 atom stereocenters. The van der Waals surface area contributed by atoms with Gasteiger partial charge in [0.1, 0.15) is 5.82 Å². The Labute approximate surface area is 197 Å². The zero-order valence-electron chi connectivity index (χ0n) is 20.2. The second-order valence-electron chi connectivity index (χ2n) is 10.0. The zero-order chi connectivity index (χ0) is 24.8. The van der Waals surface area contributed by atoms with E-state index in [1.54, 1.807) is 61.0 Å². The molecule has 10 heteroatoms. The van der Waals surface area contributed by atoms with Crippen molar-refractivity contribution in [1.82, 2.24) is 19.1 Å². The minimum absolute atomic E-state index is 0.147. The first-order chi connectivity index (χ1) is 15.9. The van der Waals surface area contributed by atoms with Crippen molar-refractivity contribution in [1.29, 1.82) is 0 Å². The summed E-state index contributed by atoms with van der Waals surface area (Å²) in [4.78, 5) is 23.4. The molecule has 4 rings (SSSR count). The third-order valence-electron chi connectivity index (χ3n) is 6.59. The van der Waals surface area contributed by atoms with Crippen LogP contribution in [0.4, 0.5) is 26.2 Å². The maximum Gasteiger partial charge on any atom is 0.328 e. The summed E-state index contributed by atoms with van der Waals surface area (Å²) < 4.78 is 31.7. The predicted octanol–water partition coefficient (Wildman–Crippen LogP) is 3.76. The standard InChI is InChI=1S/C24H32F2N6O2/c1-15-13-31(14-16(2)24(15,25)26)21-27-10-8-20(29-21)28-17-6-7-18-19(12-17)32(22(33)30(18)5)11-9-23(3,4)34/h6-8,10,12,15-16,34H,9,11,13-14H2,1-5H3,(H,27,28,29). The van der Waals surface area contributed by atoms with Gasteiger partial charge in [-0.05, 0) is 44.5 Å². The van der Waals surface area contributed by atoms with Crippen molar-refractivity contribution in [3.8, 4) is 0 Å². The van der Waals surface area contributed by atoms with E-state index in [0.717, 1.165) is 16.7 Å². The normalized spacial score (nSPS) is 20.6. The molecule has 8 nitrogen and oxygen atoms in total. The maximum atomic E-state index is 14.2. The molecule has 0 bridgehead atoms. The summed E-state index contributed by atoms with van der Waals surface area (Å²) in [5.74, 6) is -3.36. The van der Waals surface area contributed by atoms with E-state index >= 15 is 0 Å². The fourth-order valence-corrected chi connectivity index (χ4v) is 4.44. The van der Waals surface area contributed by atoms with Crippen molar-refractivity contribution in [3.63, 3.8) is 0 Å². The summed E-state index contributed by atoms with van der Waals surface area (Å²) in [6.45, 7) is 7.29. The number of nitrogens with zero attached hydrogens (tertiary/aromatic N) is 5. The van der Waals surface area contributed by atoms with E-state index in [1.807, 2.05) is 18.2 Å². The summed E-state index contributed by atoms with van der Waals surface area (Å²) in [5.41, 5.74) is 1.23. The lowest BCUT2D eigenvalue weighted by atomic mass is 9.87. The summed E-state index contributed by atoms with van der Waals surface area (Å²) >= 11 is 0. The fourth-order valence-electron chi connectivity index (χ4n) is 4.44. The predicted molar refractivity (Wildman–Crippen MR) is 129 cm³/mol. The van der Waals surface area contributed by atoms with Gasteiger partial charge in [-0.15, -0.1) is 0 Å². The van der Waals surface area contributed by atoms with Crippen LogP contribution in [0.5, 0.6) is 0 Å². The molecule has 0 spiro atoms. The Morgan fingerprint density at radius 2 is 1.85 bits per heavy atom. The molecule has 1 aliphatic rings. The van der Waals surface area contributed by atoms with Gasteiger partial charge in [0.05, 0.1) is 16.6 Å². The van der Waals surface area contributed by atoms with Crippen LogP contribution in [0.2, 0.25) is 0 Å². The third-order valence-corrected chi connectivity index (χ3v) is 6.59. The molecule has 34 heavy (non-hydrogen) atoms. The number of alkyl halides is 2. The van der Waals surface area contributed by atoms with Gasteiger partial charge >= 0.3 is 5.69 Å². The summed E-state index contributed by atoms with van der Waals surface area (Å²) in [7, 11) is 1.72. The van der Waals surface area contributed by atoms with Gasteiger partial charge in [-0.2, -0.15) is 4.98 Å². The van der Waals surface area contributed by atoms with Gasteiger partial charge in [-0.25, -0.2) is 18.6 Å². The molecule has 1 fully saturated rings. The molecule has 1 saturated heterocycles.